The van der Waals surface area contributed by atoms with Gasteiger partial charge in [-0.2, -0.15) is 10.1 Å². The normalized spacial score (nSPS) is 10.3. The number of hydrogen-bond donors (Lipinski definition) is 2. The molecule has 8 heteroatoms. The van der Waals surface area contributed by atoms with Gasteiger partial charge < -0.3 is 10.6 Å². The Labute approximate surface area is 136 Å². The van der Waals surface area contributed by atoms with Crippen LogP contribution in [0.15, 0.2) is 48.9 Å². The van der Waals surface area contributed by atoms with Crippen molar-refractivity contribution in [3.63, 3.8) is 0 Å². The van der Waals surface area contributed by atoms with Crippen LogP contribution in [0.3, 0.4) is 0 Å². The number of benzene rings is 1. The van der Waals surface area contributed by atoms with Crippen LogP contribution < -0.4 is 10.6 Å². The summed E-state index contributed by atoms with van der Waals surface area (Å²) in [6.45, 7) is 0.586. The van der Waals surface area contributed by atoms with Crippen molar-refractivity contribution in [3.05, 3.63) is 65.3 Å². The molecule has 0 saturated carbocycles. The van der Waals surface area contributed by atoms with Gasteiger partial charge in [0.05, 0.1) is 11.2 Å². The molecule has 3 aromatic rings. The molecule has 116 valence electrons. The van der Waals surface area contributed by atoms with E-state index in [1.54, 1.807) is 18.5 Å². The standard InChI is InChI=1S/C15H12ClFN6/c16-12-7-11(1-2-13(12)17)21-15-22-14(9-20-23-15)19-8-10-3-5-18-6-4-10/h1-7,9H,8H2,(H2,19,21,22,23). The van der Waals surface area contributed by atoms with E-state index >= 15 is 0 Å². The zero-order valence-corrected chi connectivity index (χ0v) is 12.6. The van der Waals surface area contributed by atoms with Crippen LogP contribution in [0, 0.1) is 5.82 Å². The zero-order chi connectivity index (χ0) is 16.1. The van der Waals surface area contributed by atoms with E-state index in [0.29, 0.717) is 18.1 Å². The van der Waals surface area contributed by atoms with Crippen LogP contribution in [0.4, 0.5) is 21.8 Å². The number of rotatable bonds is 5. The lowest BCUT2D eigenvalue weighted by Crippen LogP contribution is -2.05. The zero-order valence-electron chi connectivity index (χ0n) is 11.9. The molecule has 6 nitrogen and oxygen atoms in total. The largest absolute Gasteiger partial charge is 0.365 e. The van der Waals surface area contributed by atoms with Crippen molar-refractivity contribution in [1.82, 2.24) is 20.2 Å². The molecule has 0 spiro atoms. The highest BCUT2D eigenvalue weighted by molar-refractivity contribution is 6.31. The molecule has 0 radical (unpaired) electrons. The second-order valence-corrected chi connectivity index (χ2v) is 5.04. The Morgan fingerprint density at radius 2 is 1.96 bits per heavy atom. The number of halogens is 2. The van der Waals surface area contributed by atoms with Crippen molar-refractivity contribution < 1.29 is 4.39 Å². The van der Waals surface area contributed by atoms with Crippen molar-refractivity contribution in [2.75, 3.05) is 10.6 Å². The van der Waals surface area contributed by atoms with Crippen LogP contribution in [0.25, 0.3) is 0 Å². The van der Waals surface area contributed by atoms with Gasteiger partial charge in [-0.1, -0.05) is 11.6 Å². The first-order valence-electron chi connectivity index (χ1n) is 6.75. The molecular weight excluding hydrogens is 319 g/mol. The fourth-order valence-corrected chi connectivity index (χ4v) is 2.02. The Morgan fingerprint density at radius 3 is 2.74 bits per heavy atom. The topological polar surface area (TPSA) is 75.6 Å². The van der Waals surface area contributed by atoms with E-state index in [2.05, 4.69) is 30.8 Å². The highest BCUT2D eigenvalue weighted by Gasteiger charge is 2.04. The van der Waals surface area contributed by atoms with Gasteiger partial charge in [-0.15, -0.1) is 5.10 Å². The van der Waals surface area contributed by atoms with Gasteiger partial charge in [-0.25, -0.2) is 4.39 Å². The lowest BCUT2D eigenvalue weighted by atomic mass is 10.3. The van der Waals surface area contributed by atoms with E-state index in [0.717, 1.165) is 5.56 Å². The monoisotopic (exact) mass is 330 g/mol. The number of anilines is 3. The predicted molar refractivity (Wildman–Crippen MR) is 86.1 cm³/mol. The molecule has 0 aliphatic carbocycles. The fraction of sp³-hybridized carbons (Fsp3) is 0.0667. The average molecular weight is 331 g/mol. The third-order valence-electron chi connectivity index (χ3n) is 2.96. The summed E-state index contributed by atoms with van der Waals surface area (Å²) in [6, 6.07) is 8.07. The van der Waals surface area contributed by atoms with Gasteiger partial charge in [0, 0.05) is 24.6 Å². The Hall–Kier alpha value is -2.80. The van der Waals surface area contributed by atoms with E-state index in [9.17, 15) is 4.39 Å². The number of nitrogens with one attached hydrogen (secondary N) is 2. The van der Waals surface area contributed by atoms with Gasteiger partial charge in [0.25, 0.3) is 0 Å². The number of aromatic nitrogens is 4. The van der Waals surface area contributed by atoms with Crippen molar-refractivity contribution in [1.29, 1.82) is 0 Å². The maximum atomic E-state index is 13.1. The summed E-state index contributed by atoms with van der Waals surface area (Å²) in [5.41, 5.74) is 1.64. The van der Waals surface area contributed by atoms with Gasteiger partial charge in [0.15, 0.2) is 5.82 Å². The predicted octanol–water partition coefficient (Wildman–Crippen LogP) is 3.41. The molecule has 1 aromatic carbocycles. The smallest absolute Gasteiger partial charge is 0.249 e. The number of hydrogen-bond acceptors (Lipinski definition) is 6. The third-order valence-corrected chi connectivity index (χ3v) is 3.25. The molecule has 0 aliphatic heterocycles. The van der Waals surface area contributed by atoms with Crippen LogP contribution in [0.1, 0.15) is 5.56 Å². The highest BCUT2D eigenvalue weighted by atomic mass is 35.5. The number of pyridine rings is 1. The lowest BCUT2D eigenvalue weighted by molar-refractivity contribution is 0.628. The third kappa shape index (κ3) is 4.10. The van der Waals surface area contributed by atoms with Crippen LogP contribution in [-0.2, 0) is 6.54 Å². The average Bonchev–Trinajstić information content (AvgIpc) is 2.58. The summed E-state index contributed by atoms with van der Waals surface area (Å²) in [5.74, 6) is 0.365. The second kappa shape index (κ2) is 6.97. The van der Waals surface area contributed by atoms with Crippen molar-refractivity contribution in [3.8, 4) is 0 Å². The number of nitrogens with zero attached hydrogens (tertiary/aromatic N) is 4. The molecule has 0 aliphatic rings. The van der Waals surface area contributed by atoms with Crippen molar-refractivity contribution >= 4 is 29.1 Å². The van der Waals surface area contributed by atoms with Gasteiger partial charge in [-0.3, -0.25) is 4.98 Å². The second-order valence-electron chi connectivity index (χ2n) is 4.63. The Bertz CT molecular complexity index is 799. The summed E-state index contributed by atoms with van der Waals surface area (Å²) in [7, 11) is 0. The SMILES string of the molecule is Fc1ccc(Nc2nncc(NCc3ccncc3)n2)cc1Cl. The Morgan fingerprint density at radius 1 is 1.13 bits per heavy atom. The first kappa shape index (κ1) is 15.1. The quantitative estimate of drug-likeness (QED) is 0.746. The summed E-state index contributed by atoms with van der Waals surface area (Å²) in [6.07, 6.45) is 4.96. The first-order valence-corrected chi connectivity index (χ1v) is 7.13. The molecule has 0 saturated heterocycles. The lowest BCUT2D eigenvalue weighted by Gasteiger charge is -2.08. The van der Waals surface area contributed by atoms with Crippen LogP contribution in [0.2, 0.25) is 5.02 Å². The van der Waals surface area contributed by atoms with Crippen LogP contribution in [0.5, 0.6) is 0 Å². The molecule has 0 bridgehead atoms. The molecule has 23 heavy (non-hydrogen) atoms. The van der Waals surface area contributed by atoms with E-state index in [1.807, 2.05) is 12.1 Å². The molecule has 3 rings (SSSR count). The van der Waals surface area contributed by atoms with Gasteiger partial charge in [-0.05, 0) is 35.9 Å². The van der Waals surface area contributed by atoms with Gasteiger partial charge in [0.2, 0.25) is 5.95 Å². The molecule has 0 unspecified atom stereocenters. The summed E-state index contributed by atoms with van der Waals surface area (Å²) in [5, 5.41) is 13.8. The fourth-order valence-electron chi connectivity index (χ4n) is 1.84. The molecule has 0 atom stereocenters. The first-order chi connectivity index (χ1) is 11.2. The summed E-state index contributed by atoms with van der Waals surface area (Å²) < 4.78 is 13.1. The van der Waals surface area contributed by atoms with E-state index in [1.165, 1.54) is 18.3 Å². The minimum atomic E-state index is -0.482. The summed E-state index contributed by atoms with van der Waals surface area (Å²) >= 11 is 5.74. The van der Waals surface area contributed by atoms with Crippen LogP contribution in [-0.4, -0.2) is 20.2 Å². The maximum absolute atomic E-state index is 13.1. The summed E-state index contributed by atoms with van der Waals surface area (Å²) in [4.78, 5) is 8.25. The molecule has 2 aromatic heterocycles. The highest BCUT2D eigenvalue weighted by Crippen LogP contribution is 2.21. The Balaban J connectivity index is 1.68. The minimum Gasteiger partial charge on any atom is -0.365 e. The maximum Gasteiger partial charge on any atom is 0.249 e. The molecule has 2 N–H and O–H groups in total. The van der Waals surface area contributed by atoms with Crippen LogP contribution >= 0.6 is 11.6 Å². The molecule has 2 heterocycles. The van der Waals surface area contributed by atoms with Crippen molar-refractivity contribution in [2.24, 2.45) is 0 Å². The van der Waals surface area contributed by atoms with Crippen molar-refractivity contribution in [2.45, 2.75) is 6.54 Å². The van der Waals surface area contributed by atoms with Gasteiger partial charge in [0.1, 0.15) is 5.82 Å². The molecule has 0 amide bonds. The van der Waals surface area contributed by atoms with E-state index in [-0.39, 0.29) is 11.0 Å². The minimum absolute atomic E-state index is 0.0231. The Kier molecular flexibility index (Phi) is 4.58. The molecular formula is C15H12ClFN6. The van der Waals surface area contributed by atoms with E-state index in [4.69, 9.17) is 11.6 Å². The molecule has 0 fully saturated rings. The van der Waals surface area contributed by atoms with E-state index < -0.39 is 5.82 Å². The van der Waals surface area contributed by atoms with Gasteiger partial charge >= 0.3 is 0 Å².